The highest BCUT2D eigenvalue weighted by Crippen LogP contribution is 2.54. The largest absolute Gasteiger partial charge is 0.394 e. The van der Waals surface area contributed by atoms with Crippen LogP contribution in [-0.2, 0) is 9.84 Å². The van der Waals surface area contributed by atoms with Gasteiger partial charge in [0.25, 0.3) is 5.91 Å². The van der Waals surface area contributed by atoms with E-state index in [-0.39, 0.29) is 29.3 Å². The molecule has 1 spiro atoms. The van der Waals surface area contributed by atoms with Gasteiger partial charge in [-0.25, -0.2) is 27.2 Å². The SMILES string of the molecule is CC(C)(CO)Nc1cnc(C(=O)Nc2cccc(S(=O)(=O)[C@@H]3CCC(F)(F)C3)c2)c(N2CCC3(CC2)CC3)n1. The Bertz CT molecular complexity index is 1350. The summed E-state index contributed by atoms with van der Waals surface area (Å²) in [4.78, 5) is 24.5. The monoisotopic (exact) mass is 563 g/mol. The summed E-state index contributed by atoms with van der Waals surface area (Å²) in [5.41, 5.74) is 0.0804. The normalized spacial score (nSPS) is 22.1. The third-order valence-corrected chi connectivity index (χ3v) is 10.3. The van der Waals surface area contributed by atoms with Crippen molar-refractivity contribution in [1.29, 1.82) is 0 Å². The molecular formula is C27H35F2N5O4S. The van der Waals surface area contributed by atoms with Crippen molar-refractivity contribution in [2.45, 2.75) is 80.4 Å². The van der Waals surface area contributed by atoms with Crippen LogP contribution in [0.2, 0.25) is 0 Å². The lowest BCUT2D eigenvalue weighted by atomic mass is 9.93. The lowest BCUT2D eigenvalue weighted by molar-refractivity contribution is 0.00955. The number of piperidine rings is 1. The summed E-state index contributed by atoms with van der Waals surface area (Å²) in [6.07, 6.45) is 4.65. The van der Waals surface area contributed by atoms with Gasteiger partial charge in [0.15, 0.2) is 21.3 Å². The summed E-state index contributed by atoms with van der Waals surface area (Å²) >= 11 is 0. The van der Waals surface area contributed by atoms with E-state index in [1.54, 1.807) is 6.07 Å². The van der Waals surface area contributed by atoms with E-state index >= 15 is 0 Å². The quantitative estimate of drug-likeness (QED) is 0.435. The summed E-state index contributed by atoms with van der Waals surface area (Å²) < 4.78 is 53.5. The van der Waals surface area contributed by atoms with E-state index in [0.717, 1.165) is 25.9 Å². The number of aromatic nitrogens is 2. The first-order chi connectivity index (χ1) is 18.3. The fourth-order valence-corrected chi connectivity index (χ4v) is 7.22. The second-order valence-electron chi connectivity index (χ2n) is 11.8. The Morgan fingerprint density at radius 1 is 1.18 bits per heavy atom. The van der Waals surface area contributed by atoms with Crippen LogP contribution < -0.4 is 15.5 Å². The zero-order valence-electron chi connectivity index (χ0n) is 22.2. The molecule has 2 heterocycles. The molecule has 3 N–H and O–H groups in total. The predicted molar refractivity (Wildman–Crippen MR) is 144 cm³/mol. The summed E-state index contributed by atoms with van der Waals surface area (Å²) in [6.45, 7) is 4.99. The van der Waals surface area contributed by atoms with Crippen LogP contribution in [-0.4, -0.2) is 65.8 Å². The maximum atomic E-state index is 13.7. The first kappa shape index (κ1) is 27.7. The summed E-state index contributed by atoms with van der Waals surface area (Å²) in [5.74, 6) is -2.70. The fourth-order valence-electron chi connectivity index (χ4n) is 5.38. The maximum absolute atomic E-state index is 13.7. The lowest BCUT2D eigenvalue weighted by Crippen LogP contribution is -2.38. The van der Waals surface area contributed by atoms with Gasteiger partial charge in [0, 0.05) is 31.6 Å². The van der Waals surface area contributed by atoms with Crippen LogP contribution in [0.4, 0.5) is 26.1 Å². The molecule has 1 aromatic carbocycles. The average molecular weight is 564 g/mol. The molecule has 2 saturated carbocycles. The maximum Gasteiger partial charge on any atom is 0.278 e. The standard InChI is InChI=1S/C27H35F2N5O4S/c1-25(2,17-35)33-21-16-30-22(23(32-21)34-12-10-26(8-9-26)11-13-34)24(36)31-18-4-3-5-19(14-18)39(37,38)20-6-7-27(28,29)15-20/h3-5,14,16,20,35H,6-13,15,17H2,1-2H3,(H,31,36)(H,32,33)/t20-/m1/s1. The first-order valence-corrected chi connectivity index (χ1v) is 14.9. The minimum absolute atomic E-state index is 0.0952. The van der Waals surface area contributed by atoms with Crippen LogP contribution in [0.5, 0.6) is 0 Å². The molecule has 3 aliphatic rings. The number of halogens is 2. The Balaban J connectivity index is 1.39. The van der Waals surface area contributed by atoms with E-state index in [2.05, 4.69) is 15.6 Å². The lowest BCUT2D eigenvalue weighted by Gasteiger charge is -2.34. The van der Waals surface area contributed by atoms with E-state index in [1.807, 2.05) is 18.7 Å². The van der Waals surface area contributed by atoms with Crippen LogP contribution >= 0.6 is 0 Å². The van der Waals surface area contributed by atoms with Crippen molar-refractivity contribution in [3.63, 3.8) is 0 Å². The van der Waals surface area contributed by atoms with Gasteiger partial charge in [0.1, 0.15) is 5.82 Å². The van der Waals surface area contributed by atoms with Gasteiger partial charge in [-0.15, -0.1) is 0 Å². The number of carbonyl (C=O) groups is 1. The topological polar surface area (TPSA) is 125 Å². The van der Waals surface area contributed by atoms with Crippen molar-refractivity contribution in [3.05, 3.63) is 36.2 Å². The number of hydrogen-bond donors (Lipinski definition) is 3. The fraction of sp³-hybridized carbons (Fsp3) is 0.593. The third kappa shape index (κ3) is 6.01. The zero-order chi connectivity index (χ0) is 28.1. The van der Waals surface area contributed by atoms with Gasteiger partial charge in [-0.1, -0.05) is 6.07 Å². The van der Waals surface area contributed by atoms with E-state index < -0.39 is 45.3 Å². The minimum Gasteiger partial charge on any atom is -0.394 e. The number of nitrogens with one attached hydrogen (secondary N) is 2. The molecule has 2 aromatic rings. The van der Waals surface area contributed by atoms with Crippen molar-refractivity contribution in [3.8, 4) is 0 Å². The van der Waals surface area contributed by atoms with Crippen LogP contribution in [0.1, 0.15) is 69.3 Å². The number of aliphatic hydroxyl groups is 1. The van der Waals surface area contributed by atoms with Gasteiger partial charge in [0.05, 0.1) is 28.5 Å². The van der Waals surface area contributed by atoms with Crippen LogP contribution in [0.15, 0.2) is 35.4 Å². The second kappa shape index (κ2) is 9.96. The highest BCUT2D eigenvalue weighted by Gasteiger charge is 2.46. The molecule has 9 nitrogen and oxygen atoms in total. The van der Waals surface area contributed by atoms with E-state index in [1.165, 1.54) is 37.2 Å². The van der Waals surface area contributed by atoms with E-state index in [9.17, 15) is 27.1 Å². The number of rotatable bonds is 8. The number of aliphatic hydroxyl groups excluding tert-OH is 1. The average Bonchev–Trinajstić information content (AvgIpc) is 3.54. The molecule has 1 aromatic heterocycles. The van der Waals surface area contributed by atoms with Crippen LogP contribution in [0, 0.1) is 5.41 Å². The van der Waals surface area contributed by atoms with Crippen molar-refractivity contribution in [1.82, 2.24) is 9.97 Å². The van der Waals surface area contributed by atoms with Crippen molar-refractivity contribution < 1.29 is 27.1 Å². The molecule has 0 radical (unpaired) electrons. The van der Waals surface area contributed by atoms with Crippen molar-refractivity contribution in [2.75, 3.05) is 35.2 Å². The molecule has 0 unspecified atom stereocenters. The number of alkyl halides is 2. The zero-order valence-corrected chi connectivity index (χ0v) is 23.0. The van der Waals surface area contributed by atoms with Crippen LogP contribution in [0.25, 0.3) is 0 Å². The number of sulfone groups is 1. The van der Waals surface area contributed by atoms with Gasteiger partial charge in [0.2, 0.25) is 5.92 Å². The molecule has 1 amide bonds. The Morgan fingerprint density at radius 2 is 1.90 bits per heavy atom. The molecule has 212 valence electrons. The molecular weight excluding hydrogens is 528 g/mol. The summed E-state index contributed by atoms with van der Waals surface area (Å²) in [7, 11) is -3.98. The Morgan fingerprint density at radius 3 is 2.51 bits per heavy atom. The molecule has 12 heteroatoms. The van der Waals surface area contributed by atoms with Gasteiger partial charge >= 0.3 is 0 Å². The Labute approximate surface area is 227 Å². The minimum atomic E-state index is -3.98. The predicted octanol–water partition coefficient (Wildman–Crippen LogP) is 4.25. The smallest absolute Gasteiger partial charge is 0.278 e. The number of nitrogens with zero attached hydrogens (tertiary/aromatic N) is 3. The number of carbonyl (C=O) groups excluding carboxylic acids is 1. The molecule has 2 aliphatic carbocycles. The molecule has 3 fully saturated rings. The van der Waals surface area contributed by atoms with Gasteiger partial charge < -0.3 is 20.6 Å². The van der Waals surface area contributed by atoms with Crippen molar-refractivity contribution in [2.24, 2.45) is 5.41 Å². The molecule has 5 rings (SSSR count). The highest BCUT2D eigenvalue weighted by atomic mass is 32.2. The van der Waals surface area contributed by atoms with Crippen LogP contribution in [0.3, 0.4) is 0 Å². The van der Waals surface area contributed by atoms with E-state index in [0.29, 0.717) is 17.1 Å². The molecule has 1 saturated heterocycles. The molecule has 0 bridgehead atoms. The molecule has 39 heavy (non-hydrogen) atoms. The number of benzene rings is 1. The summed E-state index contributed by atoms with van der Waals surface area (Å²) in [6, 6.07) is 5.68. The third-order valence-electron chi connectivity index (χ3n) is 8.13. The van der Waals surface area contributed by atoms with E-state index in [4.69, 9.17) is 4.98 Å². The van der Waals surface area contributed by atoms with Gasteiger partial charge in [-0.2, -0.15) is 0 Å². The first-order valence-electron chi connectivity index (χ1n) is 13.4. The molecule has 1 aliphatic heterocycles. The Hall–Kier alpha value is -2.86. The second-order valence-corrected chi connectivity index (χ2v) is 14.1. The van der Waals surface area contributed by atoms with Gasteiger partial charge in [-0.05, 0) is 69.6 Å². The highest BCUT2D eigenvalue weighted by molar-refractivity contribution is 7.92. The summed E-state index contributed by atoms with van der Waals surface area (Å²) in [5, 5.41) is 14.4. The van der Waals surface area contributed by atoms with Gasteiger partial charge in [-0.3, -0.25) is 4.79 Å². The number of hydrogen-bond acceptors (Lipinski definition) is 8. The Kier molecular flexibility index (Phi) is 7.07. The van der Waals surface area contributed by atoms with Crippen molar-refractivity contribution >= 4 is 33.1 Å². The molecule has 1 atom stereocenters. The number of anilines is 3. The number of amides is 1.